The van der Waals surface area contributed by atoms with E-state index in [2.05, 4.69) is 4.99 Å². The van der Waals surface area contributed by atoms with Crippen LogP contribution in [0.1, 0.15) is 5.56 Å². The molecule has 3 aromatic rings. The summed E-state index contributed by atoms with van der Waals surface area (Å²) in [6.45, 7) is -0.0385. The number of aromatic nitrogens is 1. The minimum absolute atomic E-state index is 0.0385. The number of carbonyl (C=O) groups excluding carboxylic acids is 2. The molecule has 162 valence electrons. The standard InChI is InChI=1S/C22H22N2O6S/c1-27-16-11-14(12-17(28-2)21(16)30-4)9-10-19(25)23-22-24(13-20(26)29-3)15-7-5-6-8-18(15)31-22/h5-12H,13H2,1-4H3. The van der Waals surface area contributed by atoms with Crippen molar-refractivity contribution in [1.29, 1.82) is 0 Å². The molecule has 0 bridgehead atoms. The van der Waals surface area contributed by atoms with E-state index in [0.29, 0.717) is 27.6 Å². The smallest absolute Gasteiger partial charge is 0.325 e. The van der Waals surface area contributed by atoms with Gasteiger partial charge in [-0.3, -0.25) is 9.59 Å². The van der Waals surface area contributed by atoms with E-state index in [1.165, 1.54) is 45.9 Å². The van der Waals surface area contributed by atoms with Gasteiger partial charge in [-0.25, -0.2) is 0 Å². The molecule has 0 fully saturated rings. The van der Waals surface area contributed by atoms with Gasteiger partial charge in [-0.15, -0.1) is 0 Å². The Morgan fingerprint density at radius 3 is 2.32 bits per heavy atom. The molecule has 1 heterocycles. The Labute approximate surface area is 183 Å². The number of hydrogen-bond acceptors (Lipinski definition) is 7. The quantitative estimate of drug-likeness (QED) is 0.413. The van der Waals surface area contributed by atoms with Crippen LogP contribution < -0.4 is 19.0 Å². The van der Waals surface area contributed by atoms with Crippen molar-refractivity contribution in [2.24, 2.45) is 4.99 Å². The number of rotatable bonds is 7. The zero-order chi connectivity index (χ0) is 22.4. The Morgan fingerprint density at radius 1 is 1.03 bits per heavy atom. The summed E-state index contributed by atoms with van der Waals surface area (Å²) in [5, 5.41) is 0. The lowest BCUT2D eigenvalue weighted by Crippen LogP contribution is -2.22. The van der Waals surface area contributed by atoms with Gasteiger partial charge in [0.1, 0.15) is 6.54 Å². The van der Waals surface area contributed by atoms with Crippen molar-refractivity contribution in [3.8, 4) is 17.2 Å². The molecule has 1 aromatic heterocycles. The molecule has 0 saturated heterocycles. The second kappa shape index (κ2) is 9.94. The lowest BCUT2D eigenvalue weighted by molar-refractivity contribution is -0.141. The summed E-state index contributed by atoms with van der Waals surface area (Å²) in [7, 11) is 5.88. The van der Waals surface area contributed by atoms with Crippen molar-refractivity contribution in [3.63, 3.8) is 0 Å². The summed E-state index contributed by atoms with van der Waals surface area (Å²) >= 11 is 1.32. The monoisotopic (exact) mass is 442 g/mol. The Kier molecular flexibility index (Phi) is 7.09. The number of nitrogens with zero attached hydrogens (tertiary/aromatic N) is 2. The number of hydrogen-bond donors (Lipinski definition) is 0. The van der Waals surface area contributed by atoms with Crippen LogP contribution in [0.2, 0.25) is 0 Å². The normalized spacial score (nSPS) is 11.7. The summed E-state index contributed by atoms with van der Waals surface area (Å²) in [5.41, 5.74) is 1.48. The number of esters is 1. The molecule has 0 aliphatic carbocycles. The van der Waals surface area contributed by atoms with E-state index >= 15 is 0 Å². The van der Waals surface area contributed by atoms with E-state index in [1.54, 1.807) is 22.8 Å². The summed E-state index contributed by atoms with van der Waals surface area (Å²) in [6.07, 6.45) is 2.95. The minimum Gasteiger partial charge on any atom is -0.493 e. The molecule has 31 heavy (non-hydrogen) atoms. The molecule has 0 aliphatic rings. The molecule has 0 saturated carbocycles. The van der Waals surface area contributed by atoms with Crippen LogP contribution in [0, 0.1) is 0 Å². The molecule has 0 atom stereocenters. The van der Waals surface area contributed by atoms with Crippen molar-refractivity contribution in [2.45, 2.75) is 6.54 Å². The minimum atomic E-state index is -0.473. The van der Waals surface area contributed by atoms with Crippen molar-refractivity contribution >= 4 is 39.5 Å². The van der Waals surface area contributed by atoms with Gasteiger partial charge < -0.3 is 23.5 Å². The number of methoxy groups -OCH3 is 4. The van der Waals surface area contributed by atoms with E-state index in [4.69, 9.17) is 18.9 Å². The lowest BCUT2D eigenvalue weighted by Gasteiger charge is -2.12. The first kappa shape index (κ1) is 22.1. The van der Waals surface area contributed by atoms with Crippen LogP contribution >= 0.6 is 11.3 Å². The van der Waals surface area contributed by atoms with Crippen LogP contribution in [0.5, 0.6) is 17.2 Å². The van der Waals surface area contributed by atoms with Crippen LogP contribution in [0.15, 0.2) is 47.5 Å². The van der Waals surface area contributed by atoms with Gasteiger partial charge in [0.15, 0.2) is 16.3 Å². The molecular formula is C22H22N2O6S. The Hall–Kier alpha value is -3.59. The van der Waals surface area contributed by atoms with Crippen molar-refractivity contribution < 1.29 is 28.5 Å². The first-order chi connectivity index (χ1) is 15.0. The summed E-state index contributed by atoms with van der Waals surface area (Å²) in [5.74, 6) is 0.522. The summed E-state index contributed by atoms with van der Waals surface area (Å²) in [6, 6.07) is 11.0. The van der Waals surface area contributed by atoms with E-state index in [1.807, 2.05) is 24.3 Å². The maximum absolute atomic E-state index is 12.5. The largest absolute Gasteiger partial charge is 0.493 e. The molecule has 2 aromatic carbocycles. The van der Waals surface area contributed by atoms with E-state index < -0.39 is 11.9 Å². The van der Waals surface area contributed by atoms with Gasteiger partial charge in [0.25, 0.3) is 5.91 Å². The number of fused-ring (bicyclic) bond motifs is 1. The van der Waals surface area contributed by atoms with E-state index in [9.17, 15) is 9.59 Å². The highest BCUT2D eigenvalue weighted by Crippen LogP contribution is 2.38. The number of para-hydroxylation sites is 1. The second-order valence-corrected chi connectivity index (χ2v) is 7.27. The zero-order valence-electron chi connectivity index (χ0n) is 17.6. The van der Waals surface area contributed by atoms with Crippen molar-refractivity contribution in [3.05, 3.63) is 52.8 Å². The molecule has 0 N–H and O–H groups in total. The van der Waals surface area contributed by atoms with Crippen LogP contribution in [0.4, 0.5) is 0 Å². The molecular weight excluding hydrogens is 420 g/mol. The molecule has 0 spiro atoms. The molecule has 0 unspecified atom stereocenters. The lowest BCUT2D eigenvalue weighted by atomic mass is 10.1. The summed E-state index contributed by atoms with van der Waals surface area (Å²) in [4.78, 5) is 29.0. The molecule has 8 nitrogen and oxygen atoms in total. The Bertz CT molecular complexity index is 1180. The number of benzene rings is 2. The van der Waals surface area contributed by atoms with Gasteiger partial charge in [-0.05, 0) is 35.9 Å². The molecule has 9 heteroatoms. The fraction of sp³-hybridized carbons (Fsp3) is 0.227. The van der Waals surface area contributed by atoms with Gasteiger partial charge in [0, 0.05) is 6.08 Å². The maximum Gasteiger partial charge on any atom is 0.325 e. The molecule has 1 amide bonds. The van der Waals surface area contributed by atoms with Crippen LogP contribution in [-0.4, -0.2) is 44.9 Å². The van der Waals surface area contributed by atoms with Gasteiger partial charge >= 0.3 is 5.97 Å². The third-order valence-corrected chi connectivity index (χ3v) is 5.47. The van der Waals surface area contributed by atoms with Crippen LogP contribution in [0.25, 0.3) is 16.3 Å². The first-order valence-corrected chi connectivity index (χ1v) is 10.0. The average molecular weight is 442 g/mol. The fourth-order valence-corrected chi connectivity index (χ4v) is 3.98. The van der Waals surface area contributed by atoms with Gasteiger partial charge in [0.05, 0.1) is 38.7 Å². The number of amides is 1. The van der Waals surface area contributed by atoms with Crippen molar-refractivity contribution in [1.82, 2.24) is 4.57 Å². The number of carbonyl (C=O) groups is 2. The fourth-order valence-electron chi connectivity index (χ4n) is 2.95. The Balaban J connectivity index is 1.96. The number of ether oxygens (including phenoxy) is 4. The van der Waals surface area contributed by atoms with Crippen LogP contribution in [-0.2, 0) is 20.9 Å². The molecule has 0 radical (unpaired) electrons. The first-order valence-electron chi connectivity index (χ1n) is 9.22. The predicted octanol–water partition coefficient (Wildman–Crippen LogP) is 3.04. The van der Waals surface area contributed by atoms with E-state index in [0.717, 1.165) is 10.2 Å². The zero-order valence-corrected chi connectivity index (χ0v) is 18.4. The molecule has 3 rings (SSSR count). The van der Waals surface area contributed by atoms with Crippen molar-refractivity contribution in [2.75, 3.05) is 28.4 Å². The molecule has 0 aliphatic heterocycles. The number of thiazole rings is 1. The second-order valence-electron chi connectivity index (χ2n) is 6.26. The highest BCUT2D eigenvalue weighted by molar-refractivity contribution is 7.16. The average Bonchev–Trinajstić information content (AvgIpc) is 3.13. The third kappa shape index (κ3) is 4.95. The third-order valence-electron chi connectivity index (χ3n) is 4.41. The summed E-state index contributed by atoms with van der Waals surface area (Å²) < 4.78 is 23.3. The van der Waals surface area contributed by atoms with Gasteiger partial charge in [-0.1, -0.05) is 23.5 Å². The SMILES string of the molecule is COC(=O)Cn1c(=NC(=O)C=Cc2cc(OC)c(OC)c(OC)c2)sc2ccccc21. The van der Waals surface area contributed by atoms with Crippen LogP contribution in [0.3, 0.4) is 0 Å². The maximum atomic E-state index is 12.5. The van der Waals surface area contributed by atoms with Gasteiger partial charge in [0.2, 0.25) is 5.75 Å². The predicted molar refractivity (Wildman–Crippen MR) is 118 cm³/mol. The van der Waals surface area contributed by atoms with E-state index in [-0.39, 0.29) is 6.54 Å². The topological polar surface area (TPSA) is 88.4 Å². The Morgan fingerprint density at radius 2 is 1.71 bits per heavy atom. The van der Waals surface area contributed by atoms with Gasteiger partial charge in [-0.2, -0.15) is 4.99 Å². The highest BCUT2D eigenvalue weighted by Gasteiger charge is 2.13. The highest BCUT2D eigenvalue weighted by atomic mass is 32.1.